The van der Waals surface area contributed by atoms with Crippen LogP contribution < -0.4 is 10.9 Å². The van der Waals surface area contributed by atoms with E-state index in [4.69, 9.17) is 5.11 Å². The van der Waals surface area contributed by atoms with Crippen molar-refractivity contribution in [3.8, 4) is 0 Å². The minimum atomic E-state index is -3.43. The first-order chi connectivity index (χ1) is 16.5. The van der Waals surface area contributed by atoms with Crippen molar-refractivity contribution in [1.82, 2.24) is 19.2 Å². The number of aliphatic hydroxyl groups excluding tert-OH is 1. The van der Waals surface area contributed by atoms with Crippen LogP contribution in [0.4, 0.5) is 27.8 Å². The third kappa shape index (κ3) is 4.01. The summed E-state index contributed by atoms with van der Waals surface area (Å²) in [6, 6.07) is 5.33. The minimum Gasteiger partial charge on any atom is -0.390 e. The van der Waals surface area contributed by atoms with Crippen LogP contribution in [-0.4, -0.2) is 36.8 Å². The Morgan fingerprint density at radius 3 is 2.71 bits per heavy atom. The van der Waals surface area contributed by atoms with E-state index in [9.17, 15) is 26.7 Å². The van der Waals surface area contributed by atoms with Crippen LogP contribution in [0.1, 0.15) is 43.0 Å². The highest BCUT2D eigenvalue weighted by molar-refractivity contribution is 5.90. The van der Waals surface area contributed by atoms with Gasteiger partial charge in [-0.05, 0) is 18.6 Å². The van der Waals surface area contributed by atoms with Gasteiger partial charge < -0.3 is 15.0 Å². The molecule has 1 fully saturated rings. The number of hydrogen-bond acceptors (Lipinski definition) is 5. The van der Waals surface area contributed by atoms with E-state index in [1.165, 1.54) is 35.0 Å². The van der Waals surface area contributed by atoms with Gasteiger partial charge in [0.25, 0.3) is 17.4 Å². The topological polar surface area (TPSA) is 84.5 Å². The van der Waals surface area contributed by atoms with Crippen molar-refractivity contribution < 1.29 is 27.1 Å². The highest BCUT2D eigenvalue weighted by Gasteiger charge is 2.46. The van der Waals surface area contributed by atoms with E-state index >= 15 is 0 Å². The Balaban J connectivity index is 1.60. The first-order valence-electron chi connectivity index (χ1n) is 10.8. The van der Waals surface area contributed by atoms with Crippen LogP contribution in [0.2, 0.25) is 0 Å². The monoisotopic (exact) mass is 493 g/mol. The summed E-state index contributed by atoms with van der Waals surface area (Å²) in [4.78, 5) is 17.0. The predicted molar refractivity (Wildman–Crippen MR) is 117 cm³/mol. The number of rotatable bonds is 6. The highest BCUT2D eigenvalue weighted by atomic mass is 19.3. The van der Waals surface area contributed by atoms with E-state index in [-0.39, 0.29) is 22.5 Å². The molecule has 7 nitrogen and oxygen atoms in total. The van der Waals surface area contributed by atoms with Crippen LogP contribution >= 0.6 is 0 Å². The van der Waals surface area contributed by atoms with Gasteiger partial charge in [-0.2, -0.15) is 13.9 Å². The fourth-order valence-corrected chi connectivity index (χ4v) is 4.30. The van der Waals surface area contributed by atoms with Crippen molar-refractivity contribution in [2.24, 2.45) is 0 Å². The molecule has 1 aliphatic rings. The lowest BCUT2D eigenvalue weighted by atomic mass is 9.88. The maximum absolute atomic E-state index is 14.3. The van der Waals surface area contributed by atoms with Gasteiger partial charge in [0.05, 0.1) is 17.1 Å². The second-order valence-corrected chi connectivity index (χ2v) is 8.78. The molecule has 0 aliphatic heterocycles. The molecule has 3 heterocycles. The van der Waals surface area contributed by atoms with Crippen molar-refractivity contribution in [3.05, 3.63) is 70.0 Å². The molecular formula is C23H20F5N5O2. The number of hydrogen-bond donors (Lipinski definition) is 2. The average molecular weight is 493 g/mol. The lowest BCUT2D eigenvalue weighted by Crippen LogP contribution is -2.40. The Kier molecular flexibility index (Phi) is 5.31. The summed E-state index contributed by atoms with van der Waals surface area (Å²) in [6.45, 7) is 0.322. The van der Waals surface area contributed by atoms with Gasteiger partial charge in [-0.25, -0.2) is 22.7 Å². The first-order valence-corrected chi connectivity index (χ1v) is 10.8. The van der Waals surface area contributed by atoms with Crippen molar-refractivity contribution in [3.63, 3.8) is 0 Å². The maximum Gasteiger partial charge on any atom is 0.295 e. The van der Waals surface area contributed by atoms with Gasteiger partial charge in [0, 0.05) is 42.8 Å². The van der Waals surface area contributed by atoms with E-state index in [2.05, 4.69) is 15.4 Å². The van der Waals surface area contributed by atoms with Crippen molar-refractivity contribution in [2.45, 2.75) is 43.7 Å². The smallest absolute Gasteiger partial charge is 0.295 e. The zero-order valence-corrected chi connectivity index (χ0v) is 18.4. The van der Waals surface area contributed by atoms with Crippen molar-refractivity contribution >= 4 is 22.4 Å². The van der Waals surface area contributed by atoms with Gasteiger partial charge in [0.2, 0.25) is 0 Å². The minimum absolute atomic E-state index is 0.124. The van der Waals surface area contributed by atoms with E-state index in [0.29, 0.717) is 10.9 Å². The highest BCUT2D eigenvalue weighted by Crippen LogP contribution is 2.45. The normalized spacial score (nSPS) is 17.0. The second-order valence-electron chi connectivity index (χ2n) is 8.78. The summed E-state index contributed by atoms with van der Waals surface area (Å²) >= 11 is 0. The Bertz CT molecular complexity index is 1490. The molecule has 5 rings (SSSR count). The third-order valence-corrected chi connectivity index (χ3v) is 6.28. The van der Waals surface area contributed by atoms with Gasteiger partial charge in [0.15, 0.2) is 11.5 Å². The molecule has 0 saturated heterocycles. The second kappa shape index (κ2) is 8.01. The third-order valence-electron chi connectivity index (χ3n) is 6.28. The molecule has 184 valence electrons. The molecule has 1 unspecified atom stereocenters. The number of halogens is 5. The number of alkyl halides is 4. The van der Waals surface area contributed by atoms with Gasteiger partial charge in [-0.15, -0.1) is 0 Å². The summed E-state index contributed by atoms with van der Waals surface area (Å²) < 4.78 is 71.5. The first kappa shape index (κ1) is 23.2. The largest absolute Gasteiger partial charge is 0.390 e. The number of aliphatic hydroxyl groups is 1. The SMILES string of the molecule is CC(Nc1nc2c(F)cnn2c2cc(=O)n(C3CC(F)(F)C3)cc12)c1cccc(C(F)(F)CO)c1. The molecule has 3 aromatic heterocycles. The van der Waals surface area contributed by atoms with Crippen LogP contribution in [0, 0.1) is 5.82 Å². The molecule has 1 aliphatic carbocycles. The Morgan fingerprint density at radius 1 is 1.29 bits per heavy atom. The fraction of sp³-hybridized carbons (Fsp3) is 0.348. The molecule has 1 saturated carbocycles. The Hall–Kier alpha value is -3.54. The number of fused-ring (bicyclic) bond motifs is 3. The summed E-state index contributed by atoms with van der Waals surface area (Å²) in [5.74, 6) is -6.89. The predicted octanol–water partition coefficient (Wildman–Crippen LogP) is 4.41. The van der Waals surface area contributed by atoms with Crippen LogP contribution in [0.5, 0.6) is 0 Å². The molecule has 0 radical (unpaired) electrons. The molecule has 35 heavy (non-hydrogen) atoms. The fourth-order valence-electron chi connectivity index (χ4n) is 4.30. The molecule has 1 atom stereocenters. The van der Waals surface area contributed by atoms with Crippen molar-refractivity contribution in [2.75, 3.05) is 11.9 Å². The summed E-state index contributed by atoms with van der Waals surface area (Å²) in [6.07, 6.45) is 1.37. The van der Waals surface area contributed by atoms with Gasteiger partial charge >= 0.3 is 0 Å². The van der Waals surface area contributed by atoms with Crippen LogP contribution in [0.15, 0.2) is 47.5 Å². The number of nitrogens with zero attached hydrogens (tertiary/aromatic N) is 4. The zero-order chi connectivity index (χ0) is 25.1. The number of nitrogens with one attached hydrogen (secondary N) is 1. The van der Waals surface area contributed by atoms with E-state index in [0.717, 1.165) is 10.7 Å². The average Bonchev–Trinajstić information content (AvgIpc) is 3.17. The molecule has 12 heteroatoms. The maximum atomic E-state index is 14.3. The molecule has 0 amide bonds. The molecular weight excluding hydrogens is 473 g/mol. The summed E-state index contributed by atoms with van der Waals surface area (Å²) in [5.41, 5.74) is -0.437. The molecule has 0 bridgehead atoms. The Labute approximate surface area is 194 Å². The molecule has 4 aromatic rings. The van der Waals surface area contributed by atoms with Gasteiger partial charge in [-0.3, -0.25) is 4.79 Å². The molecule has 2 N–H and O–H groups in total. The number of benzene rings is 1. The van der Waals surface area contributed by atoms with Crippen LogP contribution in [0.3, 0.4) is 0 Å². The van der Waals surface area contributed by atoms with E-state index in [1.54, 1.807) is 13.0 Å². The zero-order valence-electron chi connectivity index (χ0n) is 18.4. The molecule has 1 aromatic carbocycles. The number of aromatic nitrogens is 4. The number of anilines is 1. The summed E-state index contributed by atoms with van der Waals surface area (Å²) in [7, 11) is 0. The van der Waals surface area contributed by atoms with E-state index < -0.39 is 54.8 Å². The quantitative estimate of drug-likeness (QED) is 0.389. The van der Waals surface area contributed by atoms with Gasteiger partial charge in [-0.1, -0.05) is 18.2 Å². The van der Waals surface area contributed by atoms with Crippen LogP contribution in [0.25, 0.3) is 16.6 Å². The standard InChI is InChI=1S/C23H20F5N5O2/c1-12(13-3-2-4-14(5-13)23(27,28)11-34)30-20-16-10-32(15-7-22(25,26)8-15)19(35)6-18(16)33-21(31-20)17(24)9-29-33/h2-6,9-10,12,15,34H,7-8,11H2,1H3,(H,30,31). The summed E-state index contributed by atoms with van der Waals surface area (Å²) in [5, 5.41) is 16.3. The lowest BCUT2D eigenvalue weighted by molar-refractivity contribution is -0.104. The lowest BCUT2D eigenvalue weighted by Gasteiger charge is -2.36. The Morgan fingerprint density at radius 2 is 2.03 bits per heavy atom. The molecule has 0 spiro atoms. The van der Waals surface area contributed by atoms with E-state index in [1.807, 2.05) is 0 Å². The number of pyridine rings is 1. The van der Waals surface area contributed by atoms with Crippen molar-refractivity contribution in [1.29, 1.82) is 0 Å². The van der Waals surface area contributed by atoms with Crippen LogP contribution in [-0.2, 0) is 5.92 Å². The van der Waals surface area contributed by atoms with Gasteiger partial charge in [0.1, 0.15) is 12.4 Å².